The summed E-state index contributed by atoms with van der Waals surface area (Å²) >= 11 is 3.08. The van der Waals surface area contributed by atoms with Crippen LogP contribution in [0.2, 0.25) is 0 Å². The van der Waals surface area contributed by atoms with E-state index in [4.69, 9.17) is 4.52 Å². The Morgan fingerprint density at radius 2 is 2.33 bits per heavy atom. The highest BCUT2D eigenvalue weighted by molar-refractivity contribution is 8.00. The van der Waals surface area contributed by atoms with E-state index in [2.05, 4.69) is 10.1 Å². The lowest BCUT2D eigenvalue weighted by Crippen LogP contribution is -2.31. The Hall–Kier alpha value is -1.34. The summed E-state index contributed by atoms with van der Waals surface area (Å²) in [7, 11) is 0. The molecule has 1 saturated heterocycles. The third-order valence-electron chi connectivity index (χ3n) is 3.81. The maximum Gasteiger partial charge on any atom is 0.273 e. The zero-order valence-electron chi connectivity index (χ0n) is 12.3. The molecule has 21 heavy (non-hydrogen) atoms. The van der Waals surface area contributed by atoms with Crippen LogP contribution in [0.15, 0.2) is 14.2 Å². The van der Waals surface area contributed by atoms with Crippen LogP contribution in [0.4, 0.5) is 0 Å². The SMILES string of the molecule is CSc1nc(C(=O)N2CCC[C@@H]2c2c(C)noc2C)cs1. The monoisotopic (exact) mass is 323 g/mol. The summed E-state index contributed by atoms with van der Waals surface area (Å²) in [5.74, 6) is 0.814. The summed E-state index contributed by atoms with van der Waals surface area (Å²) in [6, 6.07) is 0.0585. The van der Waals surface area contributed by atoms with Crippen LogP contribution in [0.5, 0.6) is 0 Å². The van der Waals surface area contributed by atoms with Crippen LogP contribution >= 0.6 is 23.1 Å². The molecule has 7 heteroatoms. The van der Waals surface area contributed by atoms with Gasteiger partial charge in [0.1, 0.15) is 15.8 Å². The molecule has 1 aliphatic heterocycles. The first-order valence-electron chi connectivity index (χ1n) is 6.85. The third-order valence-corrected chi connectivity index (χ3v) is 5.68. The molecule has 0 spiro atoms. The van der Waals surface area contributed by atoms with Crippen LogP contribution < -0.4 is 0 Å². The van der Waals surface area contributed by atoms with Crippen molar-refractivity contribution in [1.29, 1.82) is 0 Å². The second kappa shape index (κ2) is 5.81. The first-order valence-corrected chi connectivity index (χ1v) is 8.95. The fraction of sp³-hybridized carbons (Fsp3) is 0.500. The van der Waals surface area contributed by atoms with E-state index in [1.807, 2.05) is 30.4 Å². The molecule has 0 saturated carbocycles. The summed E-state index contributed by atoms with van der Waals surface area (Å²) in [4.78, 5) is 19.0. The molecule has 0 bridgehead atoms. The molecule has 3 rings (SSSR count). The number of carbonyl (C=O) groups is 1. The predicted octanol–water partition coefficient (Wildman–Crippen LogP) is 3.45. The minimum atomic E-state index is 0.00838. The number of hydrogen-bond acceptors (Lipinski definition) is 6. The zero-order chi connectivity index (χ0) is 15.0. The van der Waals surface area contributed by atoms with Crippen molar-refractivity contribution in [2.45, 2.75) is 37.1 Å². The van der Waals surface area contributed by atoms with Gasteiger partial charge in [0, 0.05) is 17.5 Å². The number of aryl methyl sites for hydroxylation is 2. The van der Waals surface area contributed by atoms with Crippen molar-refractivity contribution in [1.82, 2.24) is 15.0 Å². The highest BCUT2D eigenvalue weighted by Gasteiger charge is 2.35. The zero-order valence-corrected chi connectivity index (χ0v) is 13.9. The third kappa shape index (κ3) is 2.60. The van der Waals surface area contributed by atoms with Gasteiger partial charge in [-0.1, -0.05) is 16.9 Å². The maximum absolute atomic E-state index is 12.7. The molecule has 1 amide bonds. The van der Waals surface area contributed by atoms with Gasteiger partial charge >= 0.3 is 0 Å². The lowest BCUT2D eigenvalue weighted by atomic mass is 10.0. The van der Waals surface area contributed by atoms with Crippen molar-refractivity contribution in [2.75, 3.05) is 12.8 Å². The topological polar surface area (TPSA) is 59.2 Å². The van der Waals surface area contributed by atoms with E-state index in [-0.39, 0.29) is 11.9 Å². The van der Waals surface area contributed by atoms with Crippen molar-refractivity contribution in [2.24, 2.45) is 0 Å². The molecule has 5 nitrogen and oxygen atoms in total. The average molecular weight is 323 g/mol. The number of carbonyl (C=O) groups excluding carboxylic acids is 1. The highest BCUT2D eigenvalue weighted by Crippen LogP contribution is 2.36. The molecule has 1 fully saturated rings. The Bertz CT molecular complexity index is 645. The number of nitrogens with zero attached hydrogens (tertiary/aromatic N) is 3. The van der Waals surface area contributed by atoms with Crippen LogP contribution in [0.3, 0.4) is 0 Å². The molecule has 2 aromatic rings. The van der Waals surface area contributed by atoms with Crippen molar-refractivity contribution in [3.63, 3.8) is 0 Å². The van der Waals surface area contributed by atoms with Crippen molar-refractivity contribution in [3.05, 3.63) is 28.1 Å². The predicted molar refractivity (Wildman–Crippen MR) is 82.9 cm³/mol. The fourth-order valence-electron chi connectivity index (χ4n) is 2.87. The first kappa shape index (κ1) is 14.6. The van der Waals surface area contributed by atoms with Crippen molar-refractivity contribution < 1.29 is 9.32 Å². The Kier molecular flexibility index (Phi) is 4.03. The van der Waals surface area contributed by atoms with Crippen LogP contribution in [0.25, 0.3) is 0 Å². The summed E-state index contributed by atoms with van der Waals surface area (Å²) in [5, 5.41) is 5.86. The molecule has 2 aromatic heterocycles. The average Bonchev–Trinajstić information content (AvgIpc) is 3.18. The lowest BCUT2D eigenvalue weighted by Gasteiger charge is -2.23. The summed E-state index contributed by atoms with van der Waals surface area (Å²) in [6.45, 7) is 4.60. The van der Waals surface area contributed by atoms with E-state index in [9.17, 15) is 4.79 Å². The Labute approximate surface area is 131 Å². The van der Waals surface area contributed by atoms with Crippen LogP contribution in [-0.4, -0.2) is 33.7 Å². The van der Waals surface area contributed by atoms with Gasteiger partial charge in [-0.3, -0.25) is 4.79 Å². The normalized spacial score (nSPS) is 18.4. The second-order valence-electron chi connectivity index (χ2n) is 5.10. The molecule has 0 N–H and O–H groups in total. The highest BCUT2D eigenvalue weighted by atomic mass is 32.2. The van der Waals surface area contributed by atoms with E-state index in [0.29, 0.717) is 5.69 Å². The van der Waals surface area contributed by atoms with Crippen LogP contribution in [0.1, 0.15) is 46.4 Å². The fourth-order valence-corrected chi connectivity index (χ4v) is 4.11. The van der Waals surface area contributed by atoms with Gasteiger partial charge < -0.3 is 9.42 Å². The number of thioether (sulfide) groups is 1. The Morgan fingerprint density at radius 1 is 1.52 bits per heavy atom. The van der Waals surface area contributed by atoms with Gasteiger partial charge in [-0.25, -0.2) is 4.98 Å². The van der Waals surface area contributed by atoms with Crippen molar-refractivity contribution >= 4 is 29.0 Å². The standard InChI is InChI=1S/C14H17N3O2S2/c1-8-12(9(2)19-16-8)11-5-4-6-17(11)13(18)10-7-21-14(15-10)20-3/h7,11H,4-6H2,1-3H3/t11-/m1/s1. The maximum atomic E-state index is 12.7. The summed E-state index contributed by atoms with van der Waals surface area (Å²) in [6.07, 6.45) is 3.92. The van der Waals surface area contributed by atoms with E-state index >= 15 is 0 Å². The molecule has 0 unspecified atom stereocenters. The molecule has 112 valence electrons. The first-order chi connectivity index (χ1) is 10.1. The molecular formula is C14H17N3O2S2. The van der Waals surface area contributed by atoms with E-state index < -0.39 is 0 Å². The van der Waals surface area contributed by atoms with Gasteiger partial charge in [-0.15, -0.1) is 11.3 Å². The molecule has 0 aromatic carbocycles. The number of aromatic nitrogens is 2. The minimum Gasteiger partial charge on any atom is -0.361 e. The minimum absolute atomic E-state index is 0.00838. The van der Waals surface area contributed by atoms with Gasteiger partial charge in [-0.05, 0) is 32.9 Å². The largest absolute Gasteiger partial charge is 0.361 e. The Balaban J connectivity index is 1.89. The van der Waals surface area contributed by atoms with Crippen LogP contribution in [0, 0.1) is 13.8 Å². The summed E-state index contributed by atoms with van der Waals surface area (Å²) < 4.78 is 6.18. The molecule has 1 atom stereocenters. The van der Waals surface area contributed by atoms with Gasteiger partial charge in [0.2, 0.25) is 0 Å². The molecule has 3 heterocycles. The van der Waals surface area contributed by atoms with Gasteiger partial charge in [0.05, 0.1) is 11.7 Å². The molecule has 1 aliphatic rings. The number of thiazole rings is 1. The van der Waals surface area contributed by atoms with Gasteiger partial charge in [-0.2, -0.15) is 0 Å². The van der Waals surface area contributed by atoms with Gasteiger partial charge in [0.25, 0.3) is 5.91 Å². The quantitative estimate of drug-likeness (QED) is 0.810. The van der Waals surface area contributed by atoms with E-state index in [1.165, 1.54) is 11.3 Å². The summed E-state index contributed by atoms with van der Waals surface area (Å²) in [5.41, 5.74) is 2.48. The van der Waals surface area contributed by atoms with Gasteiger partial charge in [0.15, 0.2) is 0 Å². The number of hydrogen-bond donors (Lipinski definition) is 0. The smallest absolute Gasteiger partial charge is 0.273 e. The van der Waals surface area contributed by atoms with E-state index in [1.54, 1.807) is 11.8 Å². The Morgan fingerprint density at radius 3 is 2.95 bits per heavy atom. The number of rotatable bonds is 3. The molecule has 0 radical (unpaired) electrons. The lowest BCUT2D eigenvalue weighted by molar-refractivity contribution is 0.0729. The molecule has 0 aliphatic carbocycles. The van der Waals surface area contributed by atoms with Crippen molar-refractivity contribution in [3.8, 4) is 0 Å². The number of amides is 1. The second-order valence-corrected chi connectivity index (χ2v) is 7.01. The molecular weight excluding hydrogens is 306 g/mol. The number of likely N-dealkylation sites (tertiary alicyclic amines) is 1. The van der Waals surface area contributed by atoms with Crippen LogP contribution in [-0.2, 0) is 0 Å². The van der Waals surface area contributed by atoms with E-state index in [0.717, 1.165) is 40.7 Å².